The second-order valence-corrected chi connectivity index (χ2v) is 3.92. The fourth-order valence-electron chi connectivity index (χ4n) is 1.38. The van der Waals surface area contributed by atoms with Crippen LogP contribution in [0.4, 0.5) is 0 Å². The smallest absolute Gasteiger partial charge is 0.106 e. The predicted octanol–water partition coefficient (Wildman–Crippen LogP) is 0.838. The molecular weight excluding hydrogens is 196 g/mol. The number of aliphatic hydroxyl groups is 1. The summed E-state index contributed by atoms with van der Waals surface area (Å²) in [7, 11) is 0. The summed E-state index contributed by atoms with van der Waals surface area (Å²) < 4.78 is 5.30. The van der Waals surface area contributed by atoms with Crippen molar-refractivity contribution in [3.8, 4) is 0 Å². The topological polar surface area (TPSA) is 32.8 Å². The van der Waals surface area contributed by atoms with E-state index in [0.717, 1.165) is 5.57 Å². The zero-order valence-electron chi connectivity index (χ0n) is 5.62. The van der Waals surface area contributed by atoms with Crippen LogP contribution in [0.2, 0.25) is 0 Å². The Morgan fingerprint density at radius 2 is 2.40 bits per heavy atom. The fraction of sp³-hybridized carbons (Fsp3) is 0.714. The lowest BCUT2D eigenvalue weighted by atomic mass is 9.99. The minimum atomic E-state index is -0.372. The summed E-state index contributed by atoms with van der Waals surface area (Å²) in [4.78, 5) is 0.0983. The molecule has 1 heterocycles. The maximum atomic E-state index is 9.34. The van der Waals surface area contributed by atoms with Gasteiger partial charge in [0.25, 0.3) is 0 Å². The molecule has 0 aromatic heterocycles. The van der Waals surface area contributed by atoms with Gasteiger partial charge in [0.15, 0.2) is 0 Å². The first-order valence-electron chi connectivity index (χ1n) is 3.36. The third-order valence-electron chi connectivity index (χ3n) is 2.05. The Balaban J connectivity index is 2.22. The van der Waals surface area contributed by atoms with Gasteiger partial charge in [-0.05, 0) is 12.5 Å². The van der Waals surface area contributed by atoms with Gasteiger partial charge in [-0.2, -0.15) is 0 Å². The van der Waals surface area contributed by atoms with E-state index in [1.54, 1.807) is 0 Å². The van der Waals surface area contributed by atoms with E-state index in [1.807, 2.05) is 13.0 Å². The number of fused-ring (bicyclic) bond motifs is 1. The molecule has 10 heavy (non-hydrogen) atoms. The monoisotopic (exact) mass is 204 g/mol. The van der Waals surface area contributed by atoms with Crippen molar-refractivity contribution in [2.24, 2.45) is 0 Å². The van der Waals surface area contributed by atoms with E-state index in [4.69, 9.17) is 4.74 Å². The second-order valence-electron chi connectivity index (χ2n) is 2.87. The molecule has 2 rings (SSSR count). The van der Waals surface area contributed by atoms with Crippen molar-refractivity contribution < 1.29 is 9.84 Å². The molecule has 0 spiro atoms. The van der Waals surface area contributed by atoms with Crippen LogP contribution in [0, 0.1) is 0 Å². The van der Waals surface area contributed by atoms with Gasteiger partial charge in [0.2, 0.25) is 0 Å². The van der Waals surface area contributed by atoms with E-state index in [2.05, 4.69) is 15.9 Å². The Hall–Kier alpha value is 0.140. The summed E-state index contributed by atoms with van der Waals surface area (Å²) in [5.41, 5.74) is 1.16. The average Bonchev–Trinajstić information content (AvgIpc) is 2.61. The molecule has 0 aromatic rings. The zero-order valence-corrected chi connectivity index (χ0v) is 7.21. The number of alkyl halides is 1. The molecule has 0 bridgehead atoms. The molecular formula is C7H9BrO2. The number of rotatable bonds is 0. The molecule has 0 radical (unpaired) electrons. The van der Waals surface area contributed by atoms with E-state index >= 15 is 0 Å². The molecule has 3 heteroatoms. The van der Waals surface area contributed by atoms with Crippen LogP contribution in [0.25, 0.3) is 0 Å². The van der Waals surface area contributed by atoms with Gasteiger partial charge in [-0.15, -0.1) is 0 Å². The van der Waals surface area contributed by atoms with Gasteiger partial charge in [0.05, 0.1) is 10.9 Å². The standard InChI is InChI=1S/C7H9BrO2/c1-3-2-4(9)5(8)7-6(3)10-7/h2,4-7,9H,1H3. The predicted molar refractivity (Wildman–Crippen MR) is 41.1 cm³/mol. The summed E-state index contributed by atoms with van der Waals surface area (Å²) >= 11 is 3.37. The third kappa shape index (κ3) is 0.847. The highest BCUT2D eigenvalue weighted by atomic mass is 79.9. The molecule has 2 aliphatic rings. The van der Waals surface area contributed by atoms with Gasteiger partial charge in [-0.1, -0.05) is 22.0 Å². The van der Waals surface area contributed by atoms with Crippen molar-refractivity contribution >= 4 is 15.9 Å². The summed E-state index contributed by atoms with van der Waals surface area (Å²) in [5, 5.41) is 9.34. The van der Waals surface area contributed by atoms with Crippen LogP contribution in [0.1, 0.15) is 6.92 Å². The zero-order chi connectivity index (χ0) is 7.30. The SMILES string of the molecule is CC1=CC(O)C(Br)C2OC12. The van der Waals surface area contributed by atoms with E-state index < -0.39 is 0 Å². The van der Waals surface area contributed by atoms with Gasteiger partial charge in [-0.3, -0.25) is 0 Å². The number of ether oxygens (including phenoxy) is 1. The Labute approximate surface area is 68.0 Å². The molecule has 4 unspecified atom stereocenters. The summed E-state index contributed by atoms with van der Waals surface area (Å²) in [6.07, 6.45) is 1.99. The minimum absolute atomic E-state index is 0.0983. The lowest BCUT2D eigenvalue weighted by Gasteiger charge is -2.16. The fourth-order valence-corrected chi connectivity index (χ4v) is 1.94. The normalized spacial score (nSPS) is 51.7. The van der Waals surface area contributed by atoms with Gasteiger partial charge >= 0.3 is 0 Å². The summed E-state index contributed by atoms with van der Waals surface area (Å²) in [6.45, 7) is 1.99. The molecule has 56 valence electrons. The molecule has 4 atom stereocenters. The number of halogens is 1. The second kappa shape index (κ2) is 2.06. The van der Waals surface area contributed by atoms with Gasteiger partial charge in [0.1, 0.15) is 12.2 Å². The first-order chi connectivity index (χ1) is 4.70. The molecule has 1 saturated heterocycles. The highest BCUT2D eigenvalue weighted by Crippen LogP contribution is 2.40. The quantitative estimate of drug-likeness (QED) is 0.361. The van der Waals surface area contributed by atoms with Crippen LogP contribution in [0.15, 0.2) is 11.6 Å². The maximum absolute atomic E-state index is 9.34. The Morgan fingerprint density at radius 3 is 3.10 bits per heavy atom. The van der Waals surface area contributed by atoms with Gasteiger partial charge in [0, 0.05) is 0 Å². The molecule has 0 amide bonds. The van der Waals surface area contributed by atoms with Crippen LogP contribution in [-0.2, 0) is 4.74 Å². The molecule has 1 N–H and O–H groups in total. The van der Waals surface area contributed by atoms with Gasteiger partial charge < -0.3 is 9.84 Å². The third-order valence-corrected chi connectivity index (χ3v) is 3.11. The van der Waals surface area contributed by atoms with Crippen LogP contribution in [-0.4, -0.2) is 28.2 Å². The number of aliphatic hydroxyl groups excluding tert-OH is 1. The van der Waals surface area contributed by atoms with Crippen LogP contribution >= 0.6 is 15.9 Å². The van der Waals surface area contributed by atoms with Crippen molar-refractivity contribution in [3.05, 3.63) is 11.6 Å². The molecule has 0 aromatic carbocycles. The van der Waals surface area contributed by atoms with Crippen molar-refractivity contribution in [1.82, 2.24) is 0 Å². The lowest BCUT2D eigenvalue weighted by molar-refractivity contribution is 0.206. The van der Waals surface area contributed by atoms with Crippen LogP contribution < -0.4 is 0 Å². The van der Waals surface area contributed by atoms with E-state index in [0.29, 0.717) is 0 Å². The first-order valence-corrected chi connectivity index (χ1v) is 4.27. The first kappa shape index (κ1) is 6.83. The van der Waals surface area contributed by atoms with E-state index in [9.17, 15) is 5.11 Å². The maximum Gasteiger partial charge on any atom is 0.106 e. The molecule has 2 nitrogen and oxygen atoms in total. The van der Waals surface area contributed by atoms with Gasteiger partial charge in [-0.25, -0.2) is 0 Å². The Bertz CT molecular complexity index is 190. The van der Waals surface area contributed by atoms with Crippen LogP contribution in [0.5, 0.6) is 0 Å². The number of hydrogen-bond donors (Lipinski definition) is 1. The average molecular weight is 205 g/mol. The van der Waals surface area contributed by atoms with E-state index in [-0.39, 0.29) is 23.1 Å². The van der Waals surface area contributed by atoms with Crippen LogP contribution in [0.3, 0.4) is 0 Å². The minimum Gasteiger partial charge on any atom is -0.388 e. The Morgan fingerprint density at radius 1 is 1.70 bits per heavy atom. The Kier molecular flexibility index (Phi) is 1.41. The molecule has 1 aliphatic carbocycles. The molecule has 0 saturated carbocycles. The summed E-state index contributed by atoms with van der Waals surface area (Å²) in [5.74, 6) is 0. The highest BCUT2D eigenvalue weighted by molar-refractivity contribution is 9.09. The molecule has 1 aliphatic heterocycles. The lowest BCUT2D eigenvalue weighted by Crippen LogP contribution is -2.29. The van der Waals surface area contributed by atoms with Crippen molar-refractivity contribution in [1.29, 1.82) is 0 Å². The van der Waals surface area contributed by atoms with Crippen molar-refractivity contribution in [3.63, 3.8) is 0 Å². The van der Waals surface area contributed by atoms with E-state index in [1.165, 1.54) is 0 Å². The summed E-state index contributed by atoms with van der Waals surface area (Å²) in [6, 6.07) is 0. The number of epoxide rings is 1. The van der Waals surface area contributed by atoms with Crippen molar-refractivity contribution in [2.75, 3.05) is 0 Å². The van der Waals surface area contributed by atoms with Crippen molar-refractivity contribution in [2.45, 2.75) is 30.1 Å². The number of hydrogen-bond acceptors (Lipinski definition) is 2. The largest absolute Gasteiger partial charge is 0.388 e. The molecule has 1 fully saturated rings. The highest BCUT2D eigenvalue weighted by Gasteiger charge is 2.50.